The zero-order chi connectivity index (χ0) is 21.1. The Hall–Kier alpha value is -4.18. The summed E-state index contributed by atoms with van der Waals surface area (Å²) in [5.74, 6) is -0.0651. The van der Waals surface area contributed by atoms with Gasteiger partial charge in [-0.2, -0.15) is 0 Å². The van der Waals surface area contributed by atoms with Gasteiger partial charge in [-0.05, 0) is 22.9 Å². The first kappa shape index (κ1) is 17.7. The highest BCUT2D eigenvalue weighted by Gasteiger charge is 2.24. The number of hydrogen-bond acceptors (Lipinski definition) is 2. The van der Waals surface area contributed by atoms with Crippen LogP contribution in [0.5, 0.6) is 0 Å². The molecular formula is C27H18N2O2. The van der Waals surface area contributed by atoms with E-state index in [0.717, 1.165) is 32.7 Å². The normalized spacial score (nSPS) is 11.6. The van der Waals surface area contributed by atoms with E-state index in [1.165, 1.54) is 0 Å². The number of carbonyl (C=O) groups excluding carboxylic acids is 1. The van der Waals surface area contributed by atoms with Crippen LogP contribution in [0.4, 0.5) is 0 Å². The second kappa shape index (κ2) is 6.41. The Balaban J connectivity index is 1.94. The molecule has 31 heavy (non-hydrogen) atoms. The zero-order valence-electron chi connectivity index (χ0n) is 16.9. The molecule has 0 aliphatic carbocycles. The number of aromatic nitrogens is 2. The number of benzene rings is 4. The van der Waals surface area contributed by atoms with E-state index in [1.807, 2.05) is 89.3 Å². The van der Waals surface area contributed by atoms with Crippen LogP contribution in [0.15, 0.2) is 95.8 Å². The summed E-state index contributed by atoms with van der Waals surface area (Å²) in [6, 6.07) is 28.9. The average Bonchev–Trinajstić information content (AvgIpc) is 3.18. The van der Waals surface area contributed by atoms with Crippen molar-refractivity contribution in [2.45, 2.75) is 0 Å². The Kier molecular flexibility index (Phi) is 3.65. The number of aryl methyl sites for hydroxylation is 1. The Labute approximate surface area is 177 Å². The van der Waals surface area contributed by atoms with Crippen LogP contribution in [0.25, 0.3) is 38.1 Å². The third-order valence-corrected chi connectivity index (χ3v) is 6.09. The van der Waals surface area contributed by atoms with Gasteiger partial charge in [0, 0.05) is 23.4 Å². The van der Waals surface area contributed by atoms with Crippen LogP contribution < -0.4 is 5.56 Å². The maximum atomic E-state index is 13.8. The predicted octanol–water partition coefficient (Wildman–Crippen LogP) is 5.33. The first-order chi connectivity index (χ1) is 15.2. The summed E-state index contributed by atoms with van der Waals surface area (Å²) >= 11 is 0. The van der Waals surface area contributed by atoms with Crippen molar-refractivity contribution in [3.05, 3.63) is 113 Å². The minimum absolute atomic E-state index is 0.0651. The van der Waals surface area contributed by atoms with E-state index in [9.17, 15) is 9.59 Å². The number of ketones is 1. The van der Waals surface area contributed by atoms with Crippen LogP contribution in [0.1, 0.15) is 16.1 Å². The summed E-state index contributed by atoms with van der Waals surface area (Å²) in [5.41, 5.74) is 2.59. The van der Waals surface area contributed by atoms with Crippen LogP contribution in [0.2, 0.25) is 0 Å². The van der Waals surface area contributed by atoms with Gasteiger partial charge in [-0.25, -0.2) is 0 Å². The topological polar surface area (TPSA) is 43.5 Å². The second-order valence-electron chi connectivity index (χ2n) is 7.79. The number of para-hydroxylation sites is 1. The lowest BCUT2D eigenvalue weighted by atomic mass is 10.0. The molecule has 0 N–H and O–H groups in total. The van der Waals surface area contributed by atoms with Gasteiger partial charge in [-0.15, -0.1) is 0 Å². The molecule has 0 unspecified atom stereocenters. The minimum Gasteiger partial charge on any atom is -0.296 e. The first-order valence-corrected chi connectivity index (χ1v) is 10.2. The fraction of sp³-hybridized carbons (Fsp3) is 0.0370. The molecule has 0 fully saturated rings. The molecule has 4 aromatic carbocycles. The predicted molar refractivity (Wildman–Crippen MR) is 125 cm³/mol. The summed E-state index contributed by atoms with van der Waals surface area (Å²) in [5, 5.41) is 4.45. The van der Waals surface area contributed by atoms with Crippen molar-refractivity contribution < 1.29 is 4.79 Å². The van der Waals surface area contributed by atoms with Crippen molar-refractivity contribution in [2.24, 2.45) is 7.05 Å². The SMILES string of the molecule is Cn1c(=O)c2ccccc2n2c(C(=O)c3ccccc3)c3ccc4ccccc4c3c12. The van der Waals surface area contributed by atoms with Gasteiger partial charge in [0.2, 0.25) is 5.78 Å². The molecule has 4 nitrogen and oxygen atoms in total. The standard InChI is InChI=1S/C27H18N2O2/c1-28-26-23-19-12-6-5-9-17(19)15-16-21(23)24(25(30)18-10-3-2-4-11-18)29(26)22-14-8-7-13-20(22)27(28)31/h2-16H,1H3. The molecule has 0 aliphatic rings. The van der Waals surface area contributed by atoms with Crippen molar-refractivity contribution in [3.63, 3.8) is 0 Å². The quantitative estimate of drug-likeness (QED) is 0.368. The Morgan fingerprint density at radius 2 is 1.39 bits per heavy atom. The highest BCUT2D eigenvalue weighted by Crippen LogP contribution is 2.35. The molecule has 0 spiro atoms. The van der Waals surface area contributed by atoms with Gasteiger partial charge < -0.3 is 0 Å². The zero-order valence-corrected chi connectivity index (χ0v) is 16.9. The largest absolute Gasteiger partial charge is 0.296 e. The summed E-state index contributed by atoms with van der Waals surface area (Å²) in [6.45, 7) is 0. The number of carbonyl (C=O) groups is 1. The van der Waals surface area contributed by atoms with Crippen molar-refractivity contribution in [1.29, 1.82) is 0 Å². The van der Waals surface area contributed by atoms with Crippen molar-refractivity contribution in [2.75, 3.05) is 0 Å². The lowest BCUT2D eigenvalue weighted by molar-refractivity contribution is 0.103. The minimum atomic E-state index is -0.0749. The molecule has 2 heterocycles. The lowest BCUT2D eigenvalue weighted by Gasteiger charge is -2.10. The summed E-state index contributed by atoms with van der Waals surface area (Å²) in [7, 11) is 1.78. The molecule has 0 bridgehead atoms. The van der Waals surface area contributed by atoms with Gasteiger partial charge in [0.15, 0.2) is 0 Å². The molecule has 0 amide bonds. The summed E-state index contributed by atoms with van der Waals surface area (Å²) in [4.78, 5) is 27.0. The Morgan fingerprint density at radius 1 is 0.710 bits per heavy atom. The van der Waals surface area contributed by atoms with Crippen LogP contribution >= 0.6 is 0 Å². The maximum absolute atomic E-state index is 13.8. The van der Waals surface area contributed by atoms with E-state index in [0.29, 0.717) is 16.6 Å². The molecule has 0 atom stereocenters. The molecular weight excluding hydrogens is 384 g/mol. The van der Waals surface area contributed by atoms with Crippen molar-refractivity contribution in [1.82, 2.24) is 8.97 Å². The first-order valence-electron chi connectivity index (χ1n) is 10.2. The summed E-state index contributed by atoms with van der Waals surface area (Å²) in [6.07, 6.45) is 0. The monoisotopic (exact) mass is 402 g/mol. The van der Waals surface area contributed by atoms with Gasteiger partial charge in [-0.3, -0.25) is 18.6 Å². The van der Waals surface area contributed by atoms with Crippen molar-refractivity contribution >= 4 is 43.9 Å². The van der Waals surface area contributed by atoms with Gasteiger partial charge in [0.1, 0.15) is 11.3 Å². The molecule has 4 heteroatoms. The molecule has 6 aromatic rings. The maximum Gasteiger partial charge on any atom is 0.261 e. The van der Waals surface area contributed by atoms with Gasteiger partial charge >= 0.3 is 0 Å². The van der Waals surface area contributed by atoms with Crippen molar-refractivity contribution in [3.8, 4) is 0 Å². The number of fused-ring (bicyclic) bond motifs is 7. The van der Waals surface area contributed by atoms with E-state index in [1.54, 1.807) is 11.6 Å². The van der Waals surface area contributed by atoms with Crippen LogP contribution in [0, 0.1) is 0 Å². The Bertz CT molecular complexity index is 1720. The lowest BCUT2D eigenvalue weighted by Crippen LogP contribution is -2.20. The third-order valence-electron chi connectivity index (χ3n) is 6.09. The van der Waals surface area contributed by atoms with Crippen LogP contribution in [-0.4, -0.2) is 14.8 Å². The molecule has 0 radical (unpaired) electrons. The molecule has 0 saturated carbocycles. The van der Waals surface area contributed by atoms with E-state index in [2.05, 4.69) is 6.07 Å². The number of rotatable bonds is 2. The smallest absolute Gasteiger partial charge is 0.261 e. The fourth-order valence-electron chi connectivity index (χ4n) is 4.68. The van der Waals surface area contributed by atoms with E-state index < -0.39 is 0 Å². The summed E-state index contributed by atoms with van der Waals surface area (Å²) < 4.78 is 3.63. The number of hydrogen-bond donors (Lipinski definition) is 0. The second-order valence-corrected chi connectivity index (χ2v) is 7.79. The van der Waals surface area contributed by atoms with E-state index in [-0.39, 0.29) is 11.3 Å². The van der Waals surface area contributed by atoms with Gasteiger partial charge in [0.25, 0.3) is 5.56 Å². The molecule has 0 aliphatic heterocycles. The van der Waals surface area contributed by atoms with Gasteiger partial charge in [-0.1, -0.05) is 78.9 Å². The third kappa shape index (κ3) is 2.36. The number of nitrogens with zero attached hydrogens (tertiary/aromatic N) is 2. The molecule has 148 valence electrons. The van der Waals surface area contributed by atoms with Crippen LogP contribution in [-0.2, 0) is 7.05 Å². The average molecular weight is 402 g/mol. The molecule has 0 saturated heterocycles. The fourth-order valence-corrected chi connectivity index (χ4v) is 4.68. The molecule has 6 rings (SSSR count). The Morgan fingerprint density at radius 3 is 2.19 bits per heavy atom. The molecule has 2 aromatic heterocycles. The highest BCUT2D eigenvalue weighted by atomic mass is 16.1. The highest BCUT2D eigenvalue weighted by molar-refractivity contribution is 6.25. The van der Waals surface area contributed by atoms with Gasteiger partial charge in [0.05, 0.1) is 10.9 Å². The van der Waals surface area contributed by atoms with E-state index >= 15 is 0 Å². The van der Waals surface area contributed by atoms with Crippen LogP contribution in [0.3, 0.4) is 0 Å². The van der Waals surface area contributed by atoms with E-state index in [4.69, 9.17) is 0 Å².